The molecule has 3 aromatic rings. The molecule has 8 nitrogen and oxygen atoms in total. The van der Waals surface area contributed by atoms with Crippen LogP contribution in [0.4, 0.5) is 10.2 Å². The summed E-state index contributed by atoms with van der Waals surface area (Å²) in [6.45, 7) is 3.59. The zero-order valence-corrected chi connectivity index (χ0v) is 21.5. The van der Waals surface area contributed by atoms with Gasteiger partial charge >= 0.3 is 0 Å². The second-order valence-corrected chi connectivity index (χ2v) is 11.5. The van der Waals surface area contributed by atoms with Crippen molar-refractivity contribution in [3.05, 3.63) is 71.4 Å². The van der Waals surface area contributed by atoms with E-state index in [9.17, 15) is 12.8 Å². The second kappa shape index (κ2) is 9.42. The maximum atomic E-state index is 13.6. The van der Waals surface area contributed by atoms with Gasteiger partial charge in [-0.2, -0.15) is 9.40 Å². The van der Waals surface area contributed by atoms with E-state index in [1.807, 2.05) is 36.8 Å². The lowest BCUT2D eigenvalue weighted by Gasteiger charge is -2.45. The predicted molar refractivity (Wildman–Crippen MR) is 136 cm³/mol. The van der Waals surface area contributed by atoms with Gasteiger partial charge in [-0.1, -0.05) is 5.57 Å². The molecule has 10 heteroatoms. The number of fused-ring (bicyclic) bond motifs is 2. The van der Waals surface area contributed by atoms with Gasteiger partial charge in [-0.15, -0.1) is 0 Å². The number of halogens is 1. The summed E-state index contributed by atoms with van der Waals surface area (Å²) in [7, 11) is 0.00202. The van der Waals surface area contributed by atoms with Gasteiger partial charge in [0, 0.05) is 45.4 Å². The number of rotatable bonds is 7. The van der Waals surface area contributed by atoms with Gasteiger partial charge in [-0.3, -0.25) is 0 Å². The third kappa shape index (κ3) is 4.33. The van der Waals surface area contributed by atoms with Crippen molar-refractivity contribution in [3.8, 4) is 5.69 Å². The summed E-state index contributed by atoms with van der Waals surface area (Å²) in [6.07, 6.45) is 6.56. The molecule has 1 saturated heterocycles. The van der Waals surface area contributed by atoms with Crippen LogP contribution in [0.3, 0.4) is 0 Å². The molecule has 1 aliphatic carbocycles. The quantitative estimate of drug-likeness (QED) is 0.483. The molecular formula is C26H30FN5O3S. The van der Waals surface area contributed by atoms with E-state index in [-0.39, 0.29) is 10.7 Å². The van der Waals surface area contributed by atoms with Gasteiger partial charge in [0.15, 0.2) is 0 Å². The van der Waals surface area contributed by atoms with E-state index in [0.29, 0.717) is 45.0 Å². The van der Waals surface area contributed by atoms with Crippen molar-refractivity contribution >= 4 is 21.9 Å². The van der Waals surface area contributed by atoms with Crippen LogP contribution < -0.4 is 4.90 Å². The zero-order valence-electron chi connectivity index (χ0n) is 20.7. The lowest BCUT2D eigenvalue weighted by molar-refractivity contribution is 0.0477. The molecular weight excluding hydrogens is 481 g/mol. The van der Waals surface area contributed by atoms with Crippen LogP contribution in [0, 0.1) is 11.2 Å². The number of benzene rings is 1. The van der Waals surface area contributed by atoms with E-state index in [1.54, 1.807) is 28.6 Å². The standard InChI is InChI=1S/C26H30FN5O3S/c1-4-35-18-26-14-19-15-29-32(22-7-5-21(27)6-8-22)24(19)13-20(26)11-12-31(17-26)36(33,34)23-9-10-25(28-16-23)30(2)3/h5-10,13,15-16H,4,11-12,14,17-18H2,1-3H3. The number of sulfonamides is 1. The van der Waals surface area contributed by atoms with Crippen LogP contribution in [-0.4, -0.2) is 67.9 Å². The van der Waals surface area contributed by atoms with E-state index in [2.05, 4.69) is 16.2 Å². The van der Waals surface area contributed by atoms with Crippen molar-refractivity contribution < 1.29 is 17.5 Å². The van der Waals surface area contributed by atoms with Crippen LogP contribution in [0.2, 0.25) is 0 Å². The van der Waals surface area contributed by atoms with Crippen LogP contribution in [0.25, 0.3) is 11.8 Å². The molecule has 2 aliphatic rings. The lowest BCUT2D eigenvalue weighted by atomic mass is 9.69. The maximum absolute atomic E-state index is 13.6. The molecule has 1 aromatic carbocycles. The Morgan fingerprint density at radius 1 is 1.14 bits per heavy atom. The van der Waals surface area contributed by atoms with Crippen LogP contribution in [0.15, 0.2) is 59.3 Å². The third-order valence-corrected chi connectivity index (χ3v) is 8.82. The molecule has 36 heavy (non-hydrogen) atoms. The average Bonchev–Trinajstić information content (AvgIpc) is 3.28. The smallest absolute Gasteiger partial charge is 0.244 e. The first-order chi connectivity index (χ1) is 17.2. The van der Waals surface area contributed by atoms with E-state index in [4.69, 9.17) is 4.74 Å². The highest BCUT2D eigenvalue weighted by molar-refractivity contribution is 7.89. The predicted octanol–water partition coefficient (Wildman–Crippen LogP) is 3.53. The maximum Gasteiger partial charge on any atom is 0.244 e. The minimum Gasteiger partial charge on any atom is -0.381 e. The molecule has 0 amide bonds. The Bertz CT molecular complexity index is 1380. The number of hydrogen-bond acceptors (Lipinski definition) is 6. The van der Waals surface area contributed by atoms with Gasteiger partial charge in [0.05, 0.1) is 24.2 Å². The Morgan fingerprint density at radius 2 is 1.92 bits per heavy atom. The number of ether oxygens (including phenoxy) is 1. The SMILES string of the molecule is CCOCC12Cc3cnn(-c4ccc(F)cc4)c3C=C1CCN(S(=O)(=O)c1ccc(N(C)C)nc1)C2. The largest absolute Gasteiger partial charge is 0.381 e. The van der Waals surface area contributed by atoms with Crippen molar-refractivity contribution in [2.24, 2.45) is 5.41 Å². The van der Waals surface area contributed by atoms with Crippen molar-refractivity contribution in [1.82, 2.24) is 19.1 Å². The van der Waals surface area contributed by atoms with Crippen molar-refractivity contribution in [3.63, 3.8) is 0 Å². The van der Waals surface area contributed by atoms with Crippen LogP contribution in [0.5, 0.6) is 0 Å². The van der Waals surface area contributed by atoms with Gasteiger partial charge in [0.2, 0.25) is 10.0 Å². The molecule has 0 N–H and O–H groups in total. The molecule has 1 fully saturated rings. The first kappa shape index (κ1) is 24.6. The first-order valence-electron chi connectivity index (χ1n) is 12.0. The fourth-order valence-corrected chi connectivity index (χ4v) is 6.53. The van der Waals surface area contributed by atoms with Gasteiger partial charge < -0.3 is 9.64 Å². The summed E-state index contributed by atoms with van der Waals surface area (Å²) < 4.78 is 49.9. The van der Waals surface area contributed by atoms with Crippen LogP contribution in [-0.2, 0) is 21.2 Å². The number of nitrogens with zero attached hydrogens (tertiary/aromatic N) is 5. The van der Waals surface area contributed by atoms with Gasteiger partial charge in [0.1, 0.15) is 16.5 Å². The Hall–Kier alpha value is -3.08. The van der Waals surface area contributed by atoms with E-state index in [1.165, 1.54) is 18.3 Å². The monoisotopic (exact) mass is 511 g/mol. The number of pyridine rings is 1. The highest BCUT2D eigenvalue weighted by atomic mass is 32.2. The summed E-state index contributed by atoms with van der Waals surface area (Å²) in [4.78, 5) is 6.32. The molecule has 5 rings (SSSR count). The van der Waals surface area contributed by atoms with Crippen molar-refractivity contribution in [2.45, 2.75) is 24.7 Å². The second-order valence-electron chi connectivity index (χ2n) is 9.54. The molecule has 0 radical (unpaired) electrons. The average molecular weight is 512 g/mol. The van der Waals surface area contributed by atoms with Gasteiger partial charge in [-0.05, 0) is 67.8 Å². The Labute approximate surface area is 211 Å². The molecule has 3 heterocycles. The molecule has 2 aromatic heterocycles. The van der Waals surface area contributed by atoms with E-state index in [0.717, 1.165) is 22.5 Å². The molecule has 1 unspecified atom stereocenters. The first-order valence-corrected chi connectivity index (χ1v) is 13.4. The third-order valence-electron chi connectivity index (χ3n) is 6.99. The summed E-state index contributed by atoms with van der Waals surface area (Å²) in [5, 5.41) is 4.57. The molecule has 190 valence electrons. The molecule has 0 saturated carbocycles. The normalized spacial score (nSPS) is 19.9. The van der Waals surface area contributed by atoms with Crippen LogP contribution >= 0.6 is 0 Å². The Morgan fingerprint density at radius 3 is 2.58 bits per heavy atom. The van der Waals surface area contributed by atoms with Gasteiger partial charge in [0.25, 0.3) is 0 Å². The number of aromatic nitrogens is 3. The summed E-state index contributed by atoms with van der Waals surface area (Å²) in [5.74, 6) is 0.401. The van der Waals surface area contributed by atoms with E-state index < -0.39 is 15.4 Å². The molecule has 1 atom stereocenters. The number of anilines is 1. The van der Waals surface area contributed by atoms with E-state index >= 15 is 0 Å². The lowest BCUT2D eigenvalue weighted by Crippen LogP contribution is -2.51. The van der Waals surface area contributed by atoms with Gasteiger partial charge in [-0.25, -0.2) is 22.5 Å². The summed E-state index contributed by atoms with van der Waals surface area (Å²) >= 11 is 0. The van der Waals surface area contributed by atoms with Crippen LogP contribution in [0.1, 0.15) is 24.6 Å². The minimum absolute atomic E-state index is 0.188. The van der Waals surface area contributed by atoms with Crippen molar-refractivity contribution in [2.75, 3.05) is 45.3 Å². The molecule has 0 bridgehead atoms. The Kier molecular flexibility index (Phi) is 6.44. The fourth-order valence-electron chi connectivity index (χ4n) is 5.05. The molecule has 1 aliphatic heterocycles. The van der Waals surface area contributed by atoms with Crippen molar-refractivity contribution in [1.29, 1.82) is 0 Å². The summed E-state index contributed by atoms with van der Waals surface area (Å²) in [5.41, 5.74) is 3.41. The highest BCUT2D eigenvalue weighted by Crippen LogP contribution is 2.45. The summed E-state index contributed by atoms with van der Waals surface area (Å²) in [6, 6.07) is 9.57. The molecule has 0 spiro atoms. The highest BCUT2D eigenvalue weighted by Gasteiger charge is 2.46. The topological polar surface area (TPSA) is 80.6 Å². The number of piperidine rings is 1. The fraction of sp³-hybridized carbons (Fsp3) is 0.385. The zero-order chi connectivity index (χ0) is 25.5. The Balaban J connectivity index is 1.48. The number of hydrogen-bond donors (Lipinski definition) is 0. The minimum atomic E-state index is -3.72.